The number of halogens is 9. The van der Waals surface area contributed by atoms with Crippen LogP contribution in [0.1, 0.15) is 13.8 Å². The lowest BCUT2D eigenvalue weighted by Gasteiger charge is -2.30. The summed E-state index contributed by atoms with van der Waals surface area (Å²) in [5.41, 5.74) is -4.01. The molecule has 0 saturated carbocycles. The van der Waals surface area contributed by atoms with Crippen molar-refractivity contribution in [1.29, 1.82) is 0 Å². The summed E-state index contributed by atoms with van der Waals surface area (Å²) in [6, 6.07) is 0.227. The summed E-state index contributed by atoms with van der Waals surface area (Å²) < 4.78 is 121. The number of carbonyl (C=O) groups is 3. The summed E-state index contributed by atoms with van der Waals surface area (Å²) in [7, 11) is 0. The first kappa shape index (κ1) is 29.0. The fraction of sp³-hybridized carbons (Fsp3) is 0.526. The molecule has 1 aliphatic rings. The zero-order valence-corrected chi connectivity index (χ0v) is 18.2. The second-order valence-electron chi connectivity index (χ2n) is 7.88. The molecule has 8 nitrogen and oxygen atoms in total. The van der Waals surface area contributed by atoms with Crippen LogP contribution in [0.3, 0.4) is 0 Å². The second-order valence-corrected chi connectivity index (χ2v) is 7.88. The summed E-state index contributed by atoms with van der Waals surface area (Å²) in [5, 5.41) is 12.9. The first-order valence-corrected chi connectivity index (χ1v) is 9.78. The zero-order chi connectivity index (χ0) is 27.9. The molecule has 1 unspecified atom stereocenters. The predicted octanol–water partition coefficient (Wildman–Crippen LogP) is 2.05. The molecule has 0 bridgehead atoms. The SMILES string of the molecule is C[C@H]1Oc2ccc(F)cc2N(CC(F)(F)F)C(=O)[C@H]1NC(=O)C(C)(O)C(=O)NCC(F)(F)C(F)(F)F. The van der Waals surface area contributed by atoms with E-state index in [0.29, 0.717) is 13.0 Å². The van der Waals surface area contributed by atoms with Crippen LogP contribution in [0.5, 0.6) is 5.75 Å². The number of rotatable bonds is 6. The minimum absolute atomic E-state index is 0.0333. The largest absolute Gasteiger partial charge is 0.486 e. The number of carbonyl (C=O) groups excluding carboxylic acids is 3. The average molecular weight is 539 g/mol. The summed E-state index contributed by atoms with van der Waals surface area (Å²) in [5.74, 6) is -12.2. The maximum absolute atomic E-state index is 13.7. The summed E-state index contributed by atoms with van der Waals surface area (Å²) in [6.07, 6.45) is -12.6. The van der Waals surface area contributed by atoms with Crippen molar-refractivity contribution in [1.82, 2.24) is 10.6 Å². The van der Waals surface area contributed by atoms with Gasteiger partial charge in [-0.25, -0.2) is 4.39 Å². The quantitative estimate of drug-likeness (QED) is 0.379. The van der Waals surface area contributed by atoms with Gasteiger partial charge in [-0.1, -0.05) is 0 Å². The highest BCUT2D eigenvalue weighted by Gasteiger charge is 2.58. The molecule has 0 aromatic heterocycles. The van der Waals surface area contributed by atoms with E-state index in [0.717, 1.165) is 24.4 Å². The number of hydrogen-bond donors (Lipinski definition) is 3. The normalized spacial score (nSPS) is 20.6. The van der Waals surface area contributed by atoms with Gasteiger partial charge in [0.05, 0.1) is 12.2 Å². The Kier molecular flexibility index (Phi) is 7.78. The Morgan fingerprint density at radius 1 is 1.08 bits per heavy atom. The molecular formula is C19H18F9N3O5. The summed E-state index contributed by atoms with van der Waals surface area (Å²) >= 11 is 0. The van der Waals surface area contributed by atoms with Crippen molar-refractivity contribution in [3.05, 3.63) is 24.0 Å². The molecule has 36 heavy (non-hydrogen) atoms. The van der Waals surface area contributed by atoms with Gasteiger partial charge in [0, 0.05) is 6.07 Å². The Hall–Kier alpha value is -3.24. The number of anilines is 1. The maximum Gasteiger partial charge on any atom is 0.455 e. The molecule has 1 aliphatic heterocycles. The Labute approximate surface area is 196 Å². The summed E-state index contributed by atoms with van der Waals surface area (Å²) in [6.45, 7) is -2.84. The fourth-order valence-corrected chi connectivity index (χ4v) is 2.93. The van der Waals surface area contributed by atoms with Gasteiger partial charge < -0.3 is 20.5 Å². The molecule has 0 saturated heterocycles. The smallest absolute Gasteiger partial charge is 0.455 e. The van der Waals surface area contributed by atoms with Crippen LogP contribution in [0, 0.1) is 5.82 Å². The topological polar surface area (TPSA) is 108 Å². The van der Waals surface area contributed by atoms with Crippen LogP contribution in [0.25, 0.3) is 0 Å². The van der Waals surface area contributed by atoms with Crippen LogP contribution < -0.4 is 20.3 Å². The van der Waals surface area contributed by atoms with Crippen molar-refractivity contribution in [3.8, 4) is 5.75 Å². The van der Waals surface area contributed by atoms with E-state index < -0.39 is 84.1 Å². The van der Waals surface area contributed by atoms with E-state index in [1.165, 1.54) is 0 Å². The minimum Gasteiger partial charge on any atom is -0.486 e. The standard InChI is InChI=1S/C19H18F9N3O5/c1-8-12(30-15(34)16(2,35)14(33)29-6-17(21,22)19(26,27)28)13(32)31(7-18(23,24)25)10-5-9(20)3-4-11(10)36-8/h3-5,8,12,35H,6-7H2,1-2H3,(H,29,33)(H,30,34)/t8-,12+,16?/m1/s1. The monoisotopic (exact) mass is 539 g/mol. The molecule has 1 aromatic rings. The van der Waals surface area contributed by atoms with Gasteiger partial charge in [-0.05, 0) is 26.0 Å². The molecule has 1 heterocycles. The zero-order valence-electron chi connectivity index (χ0n) is 18.2. The molecule has 17 heteroatoms. The number of fused-ring (bicyclic) bond motifs is 1. The van der Waals surface area contributed by atoms with E-state index in [2.05, 4.69) is 0 Å². The molecule has 0 aliphatic carbocycles. The van der Waals surface area contributed by atoms with Crippen LogP contribution in [0.4, 0.5) is 45.2 Å². The van der Waals surface area contributed by atoms with Gasteiger partial charge in [0.25, 0.3) is 17.7 Å². The van der Waals surface area contributed by atoms with Crippen molar-refractivity contribution in [2.45, 2.75) is 49.9 Å². The lowest BCUT2D eigenvalue weighted by molar-refractivity contribution is -0.278. The molecule has 3 amide bonds. The minimum atomic E-state index is -6.07. The molecule has 3 N–H and O–H groups in total. The van der Waals surface area contributed by atoms with Crippen molar-refractivity contribution in [3.63, 3.8) is 0 Å². The third kappa shape index (κ3) is 6.30. The number of aliphatic hydroxyl groups is 1. The van der Waals surface area contributed by atoms with Crippen molar-refractivity contribution in [2.75, 3.05) is 18.0 Å². The Balaban J connectivity index is 2.29. The van der Waals surface area contributed by atoms with Crippen molar-refractivity contribution < 1.29 is 63.7 Å². The number of hydrogen-bond acceptors (Lipinski definition) is 5. The van der Waals surface area contributed by atoms with E-state index in [1.807, 2.05) is 0 Å². The Morgan fingerprint density at radius 2 is 1.67 bits per heavy atom. The molecule has 2 rings (SSSR count). The third-order valence-electron chi connectivity index (χ3n) is 4.92. The molecular weight excluding hydrogens is 521 g/mol. The lowest BCUT2D eigenvalue weighted by atomic mass is 10.0. The number of alkyl halides is 8. The predicted molar refractivity (Wildman–Crippen MR) is 101 cm³/mol. The van der Waals surface area contributed by atoms with E-state index in [9.17, 15) is 59.0 Å². The Bertz CT molecular complexity index is 1030. The van der Waals surface area contributed by atoms with Crippen LogP contribution in [-0.2, 0) is 14.4 Å². The van der Waals surface area contributed by atoms with E-state index in [4.69, 9.17) is 4.74 Å². The molecule has 0 radical (unpaired) electrons. The number of ether oxygens (including phenoxy) is 1. The van der Waals surface area contributed by atoms with Crippen LogP contribution in [-0.4, -0.2) is 71.9 Å². The maximum atomic E-state index is 13.7. The first-order valence-electron chi connectivity index (χ1n) is 9.78. The van der Waals surface area contributed by atoms with Gasteiger partial charge in [0.1, 0.15) is 30.3 Å². The van der Waals surface area contributed by atoms with Crippen LogP contribution >= 0.6 is 0 Å². The van der Waals surface area contributed by atoms with Gasteiger partial charge in [-0.15, -0.1) is 0 Å². The number of nitrogens with one attached hydrogen (secondary N) is 2. The second kappa shape index (κ2) is 9.67. The van der Waals surface area contributed by atoms with Crippen LogP contribution in [0.15, 0.2) is 18.2 Å². The highest BCUT2D eigenvalue weighted by atomic mass is 19.4. The highest BCUT2D eigenvalue weighted by Crippen LogP contribution is 2.36. The van der Waals surface area contributed by atoms with Gasteiger partial charge in [0.15, 0.2) is 0 Å². The first-order chi connectivity index (χ1) is 16.2. The highest BCUT2D eigenvalue weighted by molar-refractivity contribution is 6.10. The third-order valence-corrected chi connectivity index (χ3v) is 4.92. The fourth-order valence-electron chi connectivity index (χ4n) is 2.93. The van der Waals surface area contributed by atoms with Gasteiger partial charge in [-0.2, -0.15) is 35.1 Å². The molecule has 0 spiro atoms. The molecule has 0 fully saturated rings. The van der Waals surface area contributed by atoms with Crippen LogP contribution in [0.2, 0.25) is 0 Å². The van der Waals surface area contributed by atoms with Gasteiger partial charge in [-0.3, -0.25) is 19.3 Å². The lowest BCUT2D eigenvalue weighted by Crippen LogP contribution is -2.63. The van der Waals surface area contributed by atoms with Gasteiger partial charge in [0.2, 0.25) is 5.60 Å². The van der Waals surface area contributed by atoms with E-state index in [1.54, 1.807) is 5.32 Å². The summed E-state index contributed by atoms with van der Waals surface area (Å²) in [4.78, 5) is 37.4. The van der Waals surface area contributed by atoms with E-state index >= 15 is 0 Å². The number of benzene rings is 1. The van der Waals surface area contributed by atoms with Crippen molar-refractivity contribution in [2.24, 2.45) is 0 Å². The average Bonchev–Trinajstić information content (AvgIpc) is 2.80. The number of nitrogens with zero attached hydrogens (tertiary/aromatic N) is 1. The molecule has 1 aromatic carbocycles. The number of amides is 3. The molecule has 202 valence electrons. The Morgan fingerprint density at radius 3 is 2.19 bits per heavy atom. The van der Waals surface area contributed by atoms with Gasteiger partial charge >= 0.3 is 18.3 Å². The van der Waals surface area contributed by atoms with E-state index in [-0.39, 0.29) is 4.90 Å². The molecule has 3 atom stereocenters. The van der Waals surface area contributed by atoms with Crippen molar-refractivity contribution >= 4 is 23.4 Å².